The molecule has 4 nitrogen and oxygen atoms in total. The lowest BCUT2D eigenvalue weighted by Gasteiger charge is -2.27. The lowest BCUT2D eigenvalue weighted by Crippen LogP contribution is -2.36. The molecule has 2 rings (SSSR count). The molecule has 0 saturated carbocycles. The van der Waals surface area contributed by atoms with Crippen molar-refractivity contribution in [3.8, 4) is 0 Å². The number of likely N-dealkylation sites (tertiary alicyclic amines) is 1. The van der Waals surface area contributed by atoms with E-state index in [2.05, 4.69) is 18.3 Å². The Morgan fingerprint density at radius 2 is 2.22 bits per heavy atom. The summed E-state index contributed by atoms with van der Waals surface area (Å²) in [4.78, 5) is 14.1. The molecule has 2 unspecified atom stereocenters. The first-order chi connectivity index (χ1) is 10.8. The molecule has 5 heteroatoms. The Bertz CT molecular complexity index is 542. The molecule has 1 heterocycles. The standard InChI is InChI=1S/C18H27ClN2O2/c1-5-20-16(13-7-6-8-15(19)11-13)14-9-10-21(12-14)17(22)23-18(2,3)4/h6-8,11,14,16,20H,5,9-10,12H2,1-4H3. The summed E-state index contributed by atoms with van der Waals surface area (Å²) in [5.41, 5.74) is 0.721. The van der Waals surface area contributed by atoms with Crippen molar-refractivity contribution in [1.29, 1.82) is 0 Å². The van der Waals surface area contributed by atoms with Crippen molar-refractivity contribution in [2.45, 2.75) is 45.8 Å². The van der Waals surface area contributed by atoms with Crippen LogP contribution in [0.15, 0.2) is 24.3 Å². The molecule has 1 aliphatic heterocycles. The van der Waals surface area contributed by atoms with Gasteiger partial charge in [0.25, 0.3) is 0 Å². The quantitative estimate of drug-likeness (QED) is 0.892. The summed E-state index contributed by atoms with van der Waals surface area (Å²) in [7, 11) is 0. The average molecular weight is 339 g/mol. The van der Waals surface area contributed by atoms with Crippen molar-refractivity contribution in [2.24, 2.45) is 5.92 Å². The minimum absolute atomic E-state index is 0.200. The zero-order valence-electron chi connectivity index (χ0n) is 14.4. The molecule has 1 aliphatic rings. The maximum Gasteiger partial charge on any atom is 0.410 e. The van der Waals surface area contributed by atoms with E-state index in [4.69, 9.17) is 16.3 Å². The summed E-state index contributed by atoms with van der Waals surface area (Å²) in [6.07, 6.45) is 0.741. The molecule has 1 amide bonds. The van der Waals surface area contributed by atoms with Crippen LogP contribution in [0.5, 0.6) is 0 Å². The Hall–Kier alpha value is -1.26. The van der Waals surface area contributed by atoms with E-state index in [1.54, 1.807) is 0 Å². The Morgan fingerprint density at radius 3 is 2.83 bits per heavy atom. The van der Waals surface area contributed by atoms with Crippen LogP contribution in [0.1, 0.15) is 45.7 Å². The maximum atomic E-state index is 12.2. The van der Waals surface area contributed by atoms with Crippen molar-refractivity contribution < 1.29 is 9.53 Å². The molecule has 128 valence electrons. The molecule has 1 saturated heterocycles. The van der Waals surface area contributed by atoms with Gasteiger partial charge in [0.2, 0.25) is 0 Å². The van der Waals surface area contributed by atoms with E-state index < -0.39 is 5.60 Å². The van der Waals surface area contributed by atoms with Gasteiger partial charge >= 0.3 is 6.09 Å². The number of carbonyl (C=O) groups excluding carboxylic acids is 1. The number of halogens is 1. The smallest absolute Gasteiger partial charge is 0.410 e. The number of nitrogens with zero attached hydrogens (tertiary/aromatic N) is 1. The zero-order chi connectivity index (χ0) is 17.0. The molecule has 2 atom stereocenters. The van der Waals surface area contributed by atoms with E-state index in [0.717, 1.165) is 24.5 Å². The van der Waals surface area contributed by atoms with E-state index >= 15 is 0 Å². The maximum absolute atomic E-state index is 12.2. The predicted molar refractivity (Wildman–Crippen MR) is 93.8 cm³/mol. The van der Waals surface area contributed by atoms with Gasteiger partial charge in [-0.15, -0.1) is 0 Å². The van der Waals surface area contributed by atoms with Gasteiger partial charge in [-0.05, 0) is 57.4 Å². The van der Waals surface area contributed by atoms with Crippen molar-refractivity contribution in [2.75, 3.05) is 19.6 Å². The van der Waals surface area contributed by atoms with Gasteiger partial charge in [0.05, 0.1) is 0 Å². The number of ether oxygens (including phenoxy) is 1. The van der Waals surface area contributed by atoms with Crippen molar-refractivity contribution in [3.63, 3.8) is 0 Å². The van der Waals surface area contributed by atoms with Gasteiger partial charge in [-0.3, -0.25) is 0 Å². The van der Waals surface area contributed by atoms with Crippen LogP contribution in [-0.4, -0.2) is 36.2 Å². The topological polar surface area (TPSA) is 41.6 Å². The molecule has 1 N–H and O–H groups in total. The van der Waals surface area contributed by atoms with Gasteiger partial charge in [0, 0.05) is 24.2 Å². The Morgan fingerprint density at radius 1 is 1.48 bits per heavy atom. The van der Waals surface area contributed by atoms with Crippen molar-refractivity contribution in [1.82, 2.24) is 10.2 Å². The molecular formula is C18H27ClN2O2. The highest BCUT2D eigenvalue weighted by atomic mass is 35.5. The summed E-state index contributed by atoms with van der Waals surface area (Å²) in [5, 5.41) is 4.28. The highest BCUT2D eigenvalue weighted by Crippen LogP contribution is 2.32. The molecule has 0 bridgehead atoms. The molecular weight excluding hydrogens is 312 g/mol. The van der Waals surface area contributed by atoms with Crippen molar-refractivity contribution in [3.05, 3.63) is 34.9 Å². The SMILES string of the molecule is CCNC(c1cccc(Cl)c1)C1CCN(C(=O)OC(C)(C)C)C1. The molecule has 0 spiro atoms. The largest absolute Gasteiger partial charge is 0.444 e. The third kappa shape index (κ3) is 5.11. The number of amides is 1. The minimum Gasteiger partial charge on any atom is -0.444 e. The van der Waals surface area contributed by atoms with E-state index in [9.17, 15) is 4.79 Å². The summed E-state index contributed by atoms with van der Waals surface area (Å²) in [6, 6.07) is 8.16. The summed E-state index contributed by atoms with van der Waals surface area (Å²) in [5.74, 6) is 0.362. The highest BCUT2D eigenvalue weighted by molar-refractivity contribution is 6.30. The minimum atomic E-state index is -0.455. The predicted octanol–water partition coefficient (Wildman–Crippen LogP) is 4.25. The molecule has 0 aliphatic carbocycles. The van der Waals surface area contributed by atoms with E-state index in [-0.39, 0.29) is 12.1 Å². The number of benzene rings is 1. The van der Waals surface area contributed by atoms with Gasteiger partial charge in [-0.25, -0.2) is 4.79 Å². The lowest BCUT2D eigenvalue weighted by molar-refractivity contribution is 0.0285. The second-order valence-corrected chi connectivity index (χ2v) is 7.50. The van der Waals surface area contributed by atoms with E-state index in [1.807, 2.05) is 43.9 Å². The number of carbonyl (C=O) groups is 1. The third-order valence-electron chi connectivity index (χ3n) is 3.98. The summed E-state index contributed by atoms with van der Waals surface area (Å²) in [6.45, 7) is 10.1. The monoisotopic (exact) mass is 338 g/mol. The number of hydrogen-bond donors (Lipinski definition) is 1. The van der Waals surface area contributed by atoms with Gasteiger partial charge in [0.15, 0.2) is 0 Å². The van der Waals surface area contributed by atoms with E-state index in [0.29, 0.717) is 12.5 Å². The summed E-state index contributed by atoms with van der Waals surface area (Å²) < 4.78 is 5.48. The van der Waals surface area contributed by atoms with Crippen LogP contribution in [0.4, 0.5) is 4.79 Å². The molecule has 23 heavy (non-hydrogen) atoms. The molecule has 0 aromatic heterocycles. The van der Waals surface area contributed by atoms with Crippen LogP contribution >= 0.6 is 11.6 Å². The normalized spacial score (nSPS) is 19.7. The fourth-order valence-electron chi connectivity index (χ4n) is 3.03. The first-order valence-corrected chi connectivity index (χ1v) is 8.64. The van der Waals surface area contributed by atoms with Gasteiger partial charge < -0.3 is 15.0 Å². The molecule has 1 aromatic rings. The zero-order valence-corrected chi connectivity index (χ0v) is 15.2. The first kappa shape index (κ1) is 18.1. The fraction of sp³-hybridized carbons (Fsp3) is 0.611. The average Bonchev–Trinajstić information content (AvgIpc) is 2.92. The fourth-order valence-corrected chi connectivity index (χ4v) is 3.23. The first-order valence-electron chi connectivity index (χ1n) is 8.27. The van der Waals surface area contributed by atoms with Gasteiger partial charge in [-0.1, -0.05) is 30.7 Å². The van der Waals surface area contributed by atoms with Crippen LogP contribution in [0.2, 0.25) is 5.02 Å². The Balaban J connectivity index is 2.06. The number of nitrogens with one attached hydrogen (secondary N) is 1. The van der Waals surface area contributed by atoms with Gasteiger partial charge in [0.1, 0.15) is 5.60 Å². The van der Waals surface area contributed by atoms with Crippen molar-refractivity contribution >= 4 is 17.7 Å². The van der Waals surface area contributed by atoms with Crippen LogP contribution in [-0.2, 0) is 4.74 Å². The summed E-state index contributed by atoms with van der Waals surface area (Å²) >= 11 is 6.14. The number of rotatable bonds is 4. The molecule has 1 fully saturated rings. The highest BCUT2D eigenvalue weighted by Gasteiger charge is 2.34. The van der Waals surface area contributed by atoms with Crippen LogP contribution in [0.25, 0.3) is 0 Å². The van der Waals surface area contributed by atoms with Crippen LogP contribution < -0.4 is 5.32 Å². The van der Waals surface area contributed by atoms with Gasteiger partial charge in [-0.2, -0.15) is 0 Å². The Labute approximate surface area is 144 Å². The number of hydrogen-bond acceptors (Lipinski definition) is 3. The Kier molecular flexibility index (Phi) is 5.93. The third-order valence-corrected chi connectivity index (χ3v) is 4.21. The van der Waals surface area contributed by atoms with E-state index in [1.165, 1.54) is 5.56 Å². The lowest BCUT2D eigenvalue weighted by atomic mass is 9.92. The second-order valence-electron chi connectivity index (χ2n) is 7.07. The molecule has 0 radical (unpaired) electrons. The molecule has 1 aromatic carbocycles. The van der Waals surface area contributed by atoms with Crippen LogP contribution in [0, 0.1) is 5.92 Å². The van der Waals surface area contributed by atoms with Crippen LogP contribution in [0.3, 0.4) is 0 Å². The second kappa shape index (κ2) is 7.54.